The van der Waals surface area contributed by atoms with Crippen LogP contribution in [0.1, 0.15) is 0 Å². The first-order valence-electron chi connectivity index (χ1n) is 2.40. The molecule has 0 rings (SSSR count). The number of hydrogen-bond donors (Lipinski definition) is 1. The molecule has 0 atom stereocenters. The molecule has 0 aromatic rings. The fourth-order valence-corrected chi connectivity index (χ4v) is 0.175. The number of carbonyl (C=O) groups is 2. The van der Waals surface area contributed by atoms with Gasteiger partial charge in [-0.1, -0.05) is 10.2 Å². The molecule has 0 spiro atoms. The van der Waals surface area contributed by atoms with E-state index in [-0.39, 0.29) is 0 Å². The number of hydrogen-bond acceptors (Lipinski definition) is 2. The van der Waals surface area contributed by atoms with E-state index in [1.807, 2.05) is 0 Å². The molecule has 3 amide bonds. The molecule has 56 valence electrons. The summed E-state index contributed by atoms with van der Waals surface area (Å²) < 4.78 is 0. The maximum Gasteiger partial charge on any atom is 0.450 e. The number of carboxylic acid groups (broad SMARTS) is 1. The summed E-state index contributed by atoms with van der Waals surface area (Å²) in [5.41, 5.74) is 0. The lowest BCUT2D eigenvalue weighted by molar-refractivity contribution is 0.201. The Morgan fingerprint density at radius 1 is 1.30 bits per heavy atom. The summed E-state index contributed by atoms with van der Waals surface area (Å²) >= 11 is 0. The van der Waals surface area contributed by atoms with E-state index >= 15 is 0 Å². The summed E-state index contributed by atoms with van der Waals surface area (Å²) in [6.45, 7) is 0. The molecule has 0 aromatic heterocycles. The van der Waals surface area contributed by atoms with E-state index in [0.29, 0.717) is 0 Å². The second kappa shape index (κ2) is 3.54. The molecule has 0 aromatic carbocycles. The summed E-state index contributed by atoms with van der Waals surface area (Å²) in [7, 11) is 2.90. The van der Waals surface area contributed by atoms with Crippen LogP contribution in [0.2, 0.25) is 0 Å². The van der Waals surface area contributed by atoms with Crippen molar-refractivity contribution < 1.29 is 14.7 Å². The van der Waals surface area contributed by atoms with Crippen LogP contribution in [0, 0.1) is 0 Å². The molecule has 0 aliphatic carbocycles. The first-order chi connectivity index (χ1) is 4.54. The Hall–Kier alpha value is -1.46. The van der Waals surface area contributed by atoms with Crippen molar-refractivity contribution in [2.75, 3.05) is 14.1 Å². The highest BCUT2D eigenvalue weighted by molar-refractivity contribution is 5.76. The van der Waals surface area contributed by atoms with Gasteiger partial charge in [0.25, 0.3) is 0 Å². The largest absolute Gasteiger partial charge is 0.462 e. The molecule has 0 saturated heterocycles. The summed E-state index contributed by atoms with van der Waals surface area (Å²) in [5, 5.41) is 13.3. The Morgan fingerprint density at radius 2 is 1.80 bits per heavy atom. The fourth-order valence-electron chi connectivity index (χ4n) is 0.175. The Kier molecular flexibility index (Phi) is 3.03. The van der Waals surface area contributed by atoms with E-state index < -0.39 is 12.1 Å². The Labute approximate surface area is 57.2 Å². The summed E-state index contributed by atoms with van der Waals surface area (Å²) in [5.74, 6) is 0. The lowest BCUT2D eigenvalue weighted by Crippen LogP contribution is -2.17. The zero-order valence-electron chi connectivity index (χ0n) is 5.61. The van der Waals surface area contributed by atoms with Gasteiger partial charge in [-0.05, 0) is 0 Å². The average Bonchev–Trinajstić information content (AvgIpc) is 1.82. The van der Waals surface area contributed by atoms with Gasteiger partial charge in [-0.15, -0.1) is 0 Å². The van der Waals surface area contributed by atoms with Gasteiger partial charge in [-0.25, -0.2) is 9.59 Å². The van der Waals surface area contributed by atoms with Gasteiger partial charge in [0.15, 0.2) is 0 Å². The van der Waals surface area contributed by atoms with E-state index in [1.165, 1.54) is 14.1 Å². The zero-order chi connectivity index (χ0) is 8.15. The third-order valence-electron chi connectivity index (χ3n) is 0.604. The van der Waals surface area contributed by atoms with Crippen molar-refractivity contribution >= 4 is 12.1 Å². The lowest BCUT2D eigenvalue weighted by atomic mass is 10.9. The summed E-state index contributed by atoms with van der Waals surface area (Å²) in [4.78, 5) is 21.3. The quantitative estimate of drug-likeness (QED) is 0.511. The van der Waals surface area contributed by atoms with Gasteiger partial charge in [0, 0.05) is 14.1 Å². The maximum absolute atomic E-state index is 10.4. The number of amides is 3. The molecule has 0 heterocycles. The van der Waals surface area contributed by atoms with Crippen LogP contribution in [0.4, 0.5) is 9.59 Å². The minimum atomic E-state index is -1.48. The Morgan fingerprint density at radius 3 is 2.10 bits per heavy atom. The van der Waals surface area contributed by atoms with E-state index in [2.05, 4.69) is 10.2 Å². The standard InChI is InChI=1S/C4H7N3O3/c1-7(2)3(8)5-6-4(9)10/h1-2H3,(H,9,10)/b6-5+. The first kappa shape index (κ1) is 8.54. The molecule has 10 heavy (non-hydrogen) atoms. The van der Waals surface area contributed by atoms with Crippen LogP contribution in [0.5, 0.6) is 0 Å². The molecule has 6 nitrogen and oxygen atoms in total. The van der Waals surface area contributed by atoms with E-state index in [1.54, 1.807) is 0 Å². The van der Waals surface area contributed by atoms with Crippen molar-refractivity contribution in [2.45, 2.75) is 0 Å². The Bertz CT molecular complexity index is 175. The second-order valence-corrected chi connectivity index (χ2v) is 1.66. The van der Waals surface area contributed by atoms with Crippen LogP contribution in [0.25, 0.3) is 0 Å². The number of urea groups is 1. The van der Waals surface area contributed by atoms with Gasteiger partial charge in [0.2, 0.25) is 0 Å². The molecule has 0 saturated carbocycles. The average molecular weight is 145 g/mol. The molecule has 0 fully saturated rings. The molecule has 0 aliphatic rings. The number of rotatable bonds is 0. The number of azo groups is 1. The van der Waals surface area contributed by atoms with E-state index in [9.17, 15) is 9.59 Å². The minimum absolute atomic E-state index is 0.692. The minimum Gasteiger partial charge on any atom is -0.462 e. The third kappa shape index (κ3) is 3.53. The van der Waals surface area contributed by atoms with Gasteiger partial charge in [-0.3, -0.25) is 0 Å². The van der Waals surface area contributed by atoms with Gasteiger partial charge >= 0.3 is 12.1 Å². The molecule has 0 unspecified atom stereocenters. The second-order valence-electron chi connectivity index (χ2n) is 1.66. The van der Waals surface area contributed by atoms with Crippen molar-refractivity contribution in [1.29, 1.82) is 0 Å². The van der Waals surface area contributed by atoms with Crippen molar-refractivity contribution in [3.8, 4) is 0 Å². The van der Waals surface area contributed by atoms with Crippen molar-refractivity contribution in [3.05, 3.63) is 0 Å². The van der Waals surface area contributed by atoms with Crippen LogP contribution in [0.15, 0.2) is 10.2 Å². The third-order valence-corrected chi connectivity index (χ3v) is 0.604. The summed E-state index contributed by atoms with van der Waals surface area (Å²) in [6.07, 6.45) is -1.48. The topological polar surface area (TPSA) is 82.3 Å². The Balaban J connectivity index is 3.90. The normalized spacial score (nSPS) is 9.80. The predicted molar refractivity (Wildman–Crippen MR) is 32.0 cm³/mol. The van der Waals surface area contributed by atoms with Crippen LogP contribution in [-0.2, 0) is 0 Å². The predicted octanol–water partition coefficient (Wildman–Crippen LogP) is 0.798. The first-order valence-corrected chi connectivity index (χ1v) is 2.40. The van der Waals surface area contributed by atoms with Gasteiger partial charge in [-0.2, -0.15) is 0 Å². The molecule has 6 heteroatoms. The highest BCUT2D eigenvalue weighted by Gasteiger charge is 2.00. The van der Waals surface area contributed by atoms with Crippen molar-refractivity contribution in [2.24, 2.45) is 10.2 Å². The highest BCUT2D eigenvalue weighted by Crippen LogP contribution is 1.85. The van der Waals surface area contributed by atoms with E-state index in [0.717, 1.165) is 4.90 Å². The van der Waals surface area contributed by atoms with Crippen LogP contribution in [0.3, 0.4) is 0 Å². The highest BCUT2D eigenvalue weighted by atomic mass is 16.4. The zero-order valence-corrected chi connectivity index (χ0v) is 5.61. The number of carbonyl (C=O) groups excluding carboxylic acids is 1. The number of nitrogens with zero attached hydrogens (tertiary/aromatic N) is 3. The smallest absolute Gasteiger partial charge is 0.450 e. The maximum atomic E-state index is 10.4. The molecular formula is C4H7N3O3. The molecule has 0 aliphatic heterocycles. The molecule has 0 radical (unpaired) electrons. The molecular weight excluding hydrogens is 138 g/mol. The van der Waals surface area contributed by atoms with Gasteiger partial charge < -0.3 is 10.0 Å². The summed E-state index contributed by atoms with van der Waals surface area (Å²) in [6, 6.07) is -0.692. The van der Waals surface area contributed by atoms with E-state index in [4.69, 9.17) is 5.11 Å². The van der Waals surface area contributed by atoms with Crippen LogP contribution < -0.4 is 0 Å². The fraction of sp³-hybridized carbons (Fsp3) is 0.500. The van der Waals surface area contributed by atoms with Gasteiger partial charge in [0.05, 0.1) is 0 Å². The van der Waals surface area contributed by atoms with Crippen molar-refractivity contribution in [3.63, 3.8) is 0 Å². The monoisotopic (exact) mass is 145 g/mol. The molecule has 0 bridgehead atoms. The molecule has 1 N–H and O–H groups in total. The van der Waals surface area contributed by atoms with Crippen molar-refractivity contribution in [1.82, 2.24) is 4.90 Å². The van der Waals surface area contributed by atoms with Gasteiger partial charge in [0.1, 0.15) is 0 Å². The van der Waals surface area contributed by atoms with Crippen LogP contribution in [-0.4, -0.2) is 36.2 Å². The lowest BCUT2D eigenvalue weighted by Gasteiger charge is -2.01. The van der Waals surface area contributed by atoms with Crippen LogP contribution >= 0.6 is 0 Å². The SMILES string of the molecule is CN(C)C(=O)/N=N/C(=O)O.